The van der Waals surface area contributed by atoms with E-state index in [1.807, 2.05) is 11.8 Å². The second kappa shape index (κ2) is 7.19. The van der Waals surface area contributed by atoms with Gasteiger partial charge in [-0.1, -0.05) is 0 Å². The fourth-order valence-corrected chi connectivity index (χ4v) is 2.52. The Morgan fingerprint density at radius 2 is 2.24 bits per heavy atom. The predicted octanol–water partition coefficient (Wildman–Crippen LogP) is 1.05. The van der Waals surface area contributed by atoms with Crippen LogP contribution in [-0.4, -0.2) is 49.7 Å². The van der Waals surface area contributed by atoms with Crippen LogP contribution in [0.4, 0.5) is 0 Å². The smallest absolute Gasteiger partial charge is 0.227 e. The van der Waals surface area contributed by atoms with Crippen LogP contribution in [0.2, 0.25) is 0 Å². The van der Waals surface area contributed by atoms with Crippen LogP contribution in [0.15, 0.2) is 0 Å². The highest BCUT2D eigenvalue weighted by molar-refractivity contribution is 5.85. The molecule has 2 saturated heterocycles. The summed E-state index contributed by atoms with van der Waals surface area (Å²) in [5, 5.41) is 3.30. The van der Waals surface area contributed by atoms with Gasteiger partial charge < -0.3 is 15.0 Å². The molecule has 4 nitrogen and oxygen atoms in total. The highest BCUT2D eigenvalue weighted by Crippen LogP contribution is 2.15. The highest BCUT2D eigenvalue weighted by atomic mass is 35.5. The van der Waals surface area contributed by atoms with Crippen molar-refractivity contribution in [2.45, 2.75) is 32.3 Å². The molecule has 2 fully saturated rings. The van der Waals surface area contributed by atoms with Gasteiger partial charge in [-0.05, 0) is 32.7 Å². The van der Waals surface area contributed by atoms with E-state index in [2.05, 4.69) is 5.32 Å². The summed E-state index contributed by atoms with van der Waals surface area (Å²) in [4.78, 5) is 14.3. The summed E-state index contributed by atoms with van der Waals surface area (Å²) >= 11 is 0. The second-order valence-electron chi connectivity index (χ2n) is 4.86. The molecule has 2 rings (SSSR count). The third kappa shape index (κ3) is 4.12. The number of halogens is 1. The Balaban J connectivity index is 0.00000144. The fourth-order valence-electron chi connectivity index (χ4n) is 2.52. The number of hydrogen-bond donors (Lipinski definition) is 1. The Labute approximate surface area is 109 Å². The summed E-state index contributed by atoms with van der Waals surface area (Å²) in [6.45, 7) is 6.36. The van der Waals surface area contributed by atoms with E-state index in [1.54, 1.807) is 0 Å². The minimum atomic E-state index is 0. The van der Waals surface area contributed by atoms with E-state index in [4.69, 9.17) is 4.74 Å². The number of ether oxygens (including phenoxy) is 1. The molecule has 0 radical (unpaired) electrons. The van der Waals surface area contributed by atoms with Crippen molar-refractivity contribution in [1.29, 1.82) is 0 Å². The predicted molar refractivity (Wildman–Crippen MR) is 69.5 cm³/mol. The molecule has 17 heavy (non-hydrogen) atoms. The van der Waals surface area contributed by atoms with E-state index in [0.29, 0.717) is 5.91 Å². The molecule has 0 aliphatic carbocycles. The number of carbonyl (C=O) groups is 1. The summed E-state index contributed by atoms with van der Waals surface area (Å²) < 4.78 is 5.56. The van der Waals surface area contributed by atoms with E-state index in [9.17, 15) is 4.79 Å². The van der Waals surface area contributed by atoms with Crippen LogP contribution in [0.3, 0.4) is 0 Å². The first-order valence-electron chi connectivity index (χ1n) is 6.38. The van der Waals surface area contributed by atoms with E-state index in [0.717, 1.165) is 52.0 Å². The number of nitrogens with one attached hydrogen (secondary N) is 1. The Hall–Kier alpha value is -0.320. The van der Waals surface area contributed by atoms with E-state index >= 15 is 0 Å². The molecule has 0 aromatic rings. The number of nitrogens with zero attached hydrogens (tertiary/aromatic N) is 1. The van der Waals surface area contributed by atoms with Crippen LogP contribution >= 0.6 is 12.4 Å². The van der Waals surface area contributed by atoms with Gasteiger partial charge in [0.2, 0.25) is 5.91 Å². The fraction of sp³-hybridized carbons (Fsp3) is 0.917. The van der Waals surface area contributed by atoms with Crippen molar-refractivity contribution in [3.63, 3.8) is 0 Å². The van der Waals surface area contributed by atoms with Gasteiger partial charge in [-0.25, -0.2) is 0 Å². The largest absolute Gasteiger partial charge is 0.377 e. The second-order valence-corrected chi connectivity index (χ2v) is 4.86. The van der Waals surface area contributed by atoms with Gasteiger partial charge in [0, 0.05) is 26.2 Å². The van der Waals surface area contributed by atoms with Crippen molar-refractivity contribution >= 4 is 18.3 Å². The van der Waals surface area contributed by atoms with Crippen molar-refractivity contribution in [3.8, 4) is 0 Å². The van der Waals surface area contributed by atoms with Crippen molar-refractivity contribution in [3.05, 3.63) is 0 Å². The van der Waals surface area contributed by atoms with E-state index in [1.165, 1.54) is 0 Å². The van der Waals surface area contributed by atoms with Crippen LogP contribution in [0, 0.1) is 5.92 Å². The molecule has 0 spiro atoms. The van der Waals surface area contributed by atoms with Gasteiger partial charge in [-0.2, -0.15) is 0 Å². The molecule has 0 saturated carbocycles. The monoisotopic (exact) mass is 262 g/mol. The first kappa shape index (κ1) is 14.7. The Bertz CT molecular complexity index is 245. The Morgan fingerprint density at radius 3 is 2.94 bits per heavy atom. The molecular weight excluding hydrogens is 240 g/mol. The van der Waals surface area contributed by atoms with Crippen molar-refractivity contribution in [2.24, 2.45) is 5.92 Å². The number of hydrogen-bond acceptors (Lipinski definition) is 3. The quantitative estimate of drug-likeness (QED) is 0.768. The molecule has 1 N–H and O–H groups in total. The highest BCUT2D eigenvalue weighted by Gasteiger charge is 2.27. The van der Waals surface area contributed by atoms with E-state index in [-0.39, 0.29) is 24.4 Å². The standard InChI is InChI=1S/C12H22N2O2.ClH/c1-10-9-14(6-3-7-16-10)12(15)11-4-2-5-13-8-11;/h10-11,13H,2-9H2,1H3;1H/t10?,11-;/m1./s1. The first-order chi connectivity index (χ1) is 7.77. The van der Waals surface area contributed by atoms with Gasteiger partial charge in [0.05, 0.1) is 12.0 Å². The summed E-state index contributed by atoms with van der Waals surface area (Å²) in [6.07, 6.45) is 3.31. The molecule has 100 valence electrons. The maximum atomic E-state index is 12.3. The zero-order valence-electron chi connectivity index (χ0n) is 10.5. The van der Waals surface area contributed by atoms with Crippen LogP contribution in [0.5, 0.6) is 0 Å². The molecule has 2 atom stereocenters. The lowest BCUT2D eigenvalue weighted by molar-refractivity contribution is -0.136. The molecule has 1 unspecified atom stereocenters. The molecule has 2 aliphatic rings. The lowest BCUT2D eigenvalue weighted by Gasteiger charge is -2.29. The molecule has 0 aromatic carbocycles. The first-order valence-corrected chi connectivity index (χ1v) is 6.38. The number of rotatable bonds is 1. The third-order valence-electron chi connectivity index (χ3n) is 3.41. The number of amides is 1. The van der Waals surface area contributed by atoms with Crippen LogP contribution in [0.25, 0.3) is 0 Å². The summed E-state index contributed by atoms with van der Waals surface area (Å²) in [5.74, 6) is 0.517. The normalized spacial score (nSPS) is 30.3. The van der Waals surface area contributed by atoms with Gasteiger partial charge in [-0.3, -0.25) is 4.79 Å². The van der Waals surface area contributed by atoms with Crippen molar-refractivity contribution < 1.29 is 9.53 Å². The van der Waals surface area contributed by atoms with Gasteiger partial charge in [0.1, 0.15) is 0 Å². The van der Waals surface area contributed by atoms with Crippen LogP contribution in [0.1, 0.15) is 26.2 Å². The third-order valence-corrected chi connectivity index (χ3v) is 3.41. The van der Waals surface area contributed by atoms with Gasteiger partial charge in [0.25, 0.3) is 0 Å². The SMILES string of the molecule is CC1CN(C(=O)[C@@H]2CCCNC2)CCCO1.Cl. The van der Waals surface area contributed by atoms with Gasteiger partial charge >= 0.3 is 0 Å². The molecule has 1 amide bonds. The molecule has 2 heterocycles. The minimum Gasteiger partial charge on any atom is -0.377 e. The summed E-state index contributed by atoms with van der Waals surface area (Å²) in [6, 6.07) is 0. The Kier molecular flexibility index (Phi) is 6.23. The molecule has 0 aromatic heterocycles. The topological polar surface area (TPSA) is 41.6 Å². The summed E-state index contributed by atoms with van der Waals surface area (Å²) in [7, 11) is 0. The van der Waals surface area contributed by atoms with E-state index < -0.39 is 0 Å². The Morgan fingerprint density at radius 1 is 1.41 bits per heavy atom. The van der Waals surface area contributed by atoms with Crippen LogP contribution in [-0.2, 0) is 9.53 Å². The zero-order chi connectivity index (χ0) is 11.4. The lowest BCUT2D eigenvalue weighted by atomic mass is 9.98. The molecule has 2 aliphatic heterocycles. The van der Waals surface area contributed by atoms with Crippen LogP contribution < -0.4 is 5.32 Å². The minimum absolute atomic E-state index is 0. The van der Waals surface area contributed by atoms with Crippen molar-refractivity contribution in [1.82, 2.24) is 10.2 Å². The molecular formula is C12H23ClN2O2. The number of carbonyl (C=O) groups excluding carboxylic acids is 1. The maximum Gasteiger partial charge on any atom is 0.227 e. The van der Waals surface area contributed by atoms with Gasteiger partial charge in [-0.15, -0.1) is 12.4 Å². The van der Waals surface area contributed by atoms with Gasteiger partial charge in [0.15, 0.2) is 0 Å². The average molecular weight is 263 g/mol. The molecule has 0 bridgehead atoms. The lowest BCUT2D eigenvalue weighted by Crippen LogP contribution is -2.45. The van der Waals surface area contributed by atoms with Crippen molar-refractivity contribution in [2.75, 3.05) is 32.8 Å². The zero-order valence-corrected chi connectivity index (χ0v) is 11.3. The summed E-state index contributed by atoms with van der Waals surface area (Å²) in [5.41, 5.74) is 0. The molecule has 5 heteroatoms. The average Bonchev–Trinajstić information content (AvgIpc) is 2.54. The maximum absolute atomic E-state index is 12.3. The number of piperidine rings is 1.